The Morgan fingerprint density at radius 1 is 1.00 bits per heavy atom. The molecule has 156 valence electrons. The molecule has 0 fully saturated rings. The molecule has 1 aromatic carbocycles. The van der Waals surface area contributed by atoms with Crippen molar-refractivity contribution >= 4 is 23.2 Å². The fourth-order valence-electron chi connectivity index (χ4n) is 4.25. The molecule has 1 atom stereocenters. The maximum absolute atomic E-state index is 14.5. The molecule has 3 N–H and O–H groups in total. The molecule has 1 aliphatic heterocycles. The lowest BCUT2D eigenvalue weighted by atomic mass is 10.0. The van der Waals surface area contributed by atoms with Gasteiger partial charge in [-0.05, 0) is 24.3 Å². The summed E-state index contributed by atoms with van der Waals surface area (Å²) in [6.07, 6.45) is 9.39. The Morgan fingerprint density at radius 3 is 2.78 bits per heavy atom. The average molecular weight is 422 g/mol. The van der Waals surface area contributed by atoms with Gasteiger partial charge < -0.3 is 10.3 Å². The van der Waals surface area contributed by atoms with Gasteiger partial charge in [-0.15, -0.1) is 0 Å². The normalized spacial score (nSPS) is 15.3. The van der Waals surface area contributed by atoms with Crippen molar-refractivity contribution < 1.29 is 4.39 Å². The van der Waals surface area contributed by atoms with Crippen LogP contribution in [0.2, 0.25) is 0 Å². The fraction of sp³-hybridized carbons (Fsp3) is 0.0800. The molecule has 5 heterocycles. The summed E-state index contributed by atoms with van der Waals surface area (Å²) in [5.74, 6) is -0.171. The zero-order valence-corrected chi connectivity index (χ0v) is 17.0. The van der Waals surface area contributed by atoms with E-state index in [-0.39, 0.29) is 11.7 Å². The van der Waals surface area contributed by atoms with E-state index in [1.165, 1.54) is 6.07 Å². The van der Waals surface area contributed by atoms with Crippen LogP contribution in [-0.2, 0) is 0 Å². The summed E-state index contributed by atoms with van der Waals surface area (Å²) < 4.78 is 14.5. The molecular formula is C25H19FN6. The molecule has 0 radical (unpaired) electrons. The highest BCUT2D eigenvalue weighted by Crippen LogP contribution is 2.31. The van der Waals surface area contributed by atoms with E-state index in [9.17, 15) is 4.39 Å². The maximum Gasteiger partial charge on any atom is 0.131 e. The largest absolute Gasteiger partial charge is 0.388 e. The van der Waals surface area contributed by atoms with E-state index in [1.807, 2.05) is 42.7 Å². The molecule has 32 heavy (non-hydrogen) atoms. The Morgan fingerprint density at radius 2 is 1.91 bits per heavy atom. The number of hydrogen-bond acceptors (Lipinski definition) is 4. The monoisotopic (exact) mass is 422 g/mol. The zero-order chi connectivity index (χ0) is 21.5. The number of hydrogen-bond donors (Lipinski definition) is 3. The molecule has 1 aliphatic rings. The predicted molar refractivity (Wildman–Crippen MR) is 122 cm³/mol. The summed E-state index contributed by atoms with van der Waals surface area (Å²) in [6.45, 7) is 0.743. The van der Waals surface area contributed by atoms with Crippen molar-refractivity contribution in [3.8, 4) is 22.5 Å². The average Bonchev–Trinajstić information content (AvgIpc) is 3.37. The van der Waals surface area contributed by atoms with Crippen LogP contribution in [-0.4, -0.2) is 31.7 Å². The van der Waals surface area contributed by atoms with Gasteiger partial charge in [0.05, 0.1) is 22.8 Å². The second kappa shape index (κ2) is 7.46. The Labute approximate surface area is 182 Å². The van der Waals surface area contributed by atoms with Crippen LogP contribution >= 0.6 is 0 Å². The van der Waals surface area contributed by atoms with Gasteiger partial charge in [0.15, 0.2) is 0 Å². The molecule has 6 nitrogen and oxygen atoms in total. The third kappa shape index (κ3) is 3.06. The van der Waals surface area contributed by atoms with Crippen molar-refractivity contribution in [2.24, 2.45) is 0 Å². The number of halogens is 1. The molecule has 1 unspecified atom stereocenters. The summed E-state index contributed by atoms with van der Waals surface area (Å²) in [4.78, 5) is 12.3. The SMILES string of the molecule is Fc1ccccc1-c1cncc2[nH]c(-c3n[nH]c4c3=CC(c3ccccn3)CNC=4)cc12. The van der Waals surface area contributed by atoms with E-state index in [1.54, 1.807) is 24.5 Å². The van der Waals surface area contributed by atoms with Crippen LogP contribution in [0.25, 0.3) is 45.7 Å². The van der Waals surface area contributed by atoms with E-state index >= 15 is 0 Å². The van der Waals surface area contributed by atoms with Crippen molar-refractivity contribution in [3.05, 3.63) is 89.2 Å². The Bertz CT molecular complexity index is 1550. The second-order valence-corrected chi connectivity index (χ2v) is 7.79. The van der Waals surface area contributed by atoms with Gasteiger partial charge in [0.25, 0.3) is 0 Å². The second-order valence-electron chi connectivity index (χ2n) is 7.79. The number of rotatable bonds is 3. The van der Waals surface area contributed by atoms with Gasteiger partial charge in [0.1, 0.15) is 11.5 Å². The number of aromatic amines is 2. The molecule has 0 bridgehead atoms. The van der Waals surface area contributed by atoms with E-state index in [4.69, 9.17) is 0 Å². The van der Waals surface area contributed by atoms with Crippen LogP contribution in [0.4, 0.5) is 4.39 Å². The van der Waals surface area contributed by atoms with Crippen molar-refractivity contribution in [2.75, 3.05) is 6.54 Å². The molecule has 0 amide bonds. The zero-order valence-electron chi connectivity index (χ0n) is 17.0. The van der Waals surface area contributed by atoms with Crippen molar-refractivity contribution in [1.82, 2.24) is 30.5 Å². The molecule has 0 aliphatic carbocycles. The van der Waals surface area contributed by atoms with Gasteiger partial charge in [-0.25, -0.2) is 4.39 Å². The van der Waals surface area contributed by atoms with Crippen LogP contribution in [0.1, 0.15) is 11.6 Å². The summed E-state index contributed by atoms with van der Waals surface area (Å²) in [6, 6.07) is 14.7. The van der Waals surface area contributed by atoms with Crippen LogP contribution in [0.15, 0.2) is 67.1 Å². The minimum atomic E-state index is -0.273. The first-order chi connectivity index (χ1) is 15.8. The lowest BCUT2D eigenvalue weighted by Gasteiger charge is -2.10. The number of pyridine rings is 2. The standard InChI is InChI=1S/C25H19FN6/c26-20-6-2-1-5-16(20)19-12-28-13-23-17(19)10-22(30-23)25-18-9-15(21-7-3-4-8-29-21)11-27-14-24(18)31-32-25/h1-10,12-15,27,30-31H,11H2. The van der Waals surface area contributed by atoms with Crippen molar-refractivity contribution in [3.63, 3.8) is 0 Å². The molecule has 4 aromatic heterocycles. The van der Waals surface area contributed by atoms with Crippen molar-refractivity contribution in [1.29, 1.82) is 0 Å². The van der Waals surface area contributed by atoms with Crippen LogP contribution < -0.4 is 15.9 Å². The Balaban J connectivity index is 1.52. The van der Waals surface area contributed by atoms with Gasteiger partial charge >= 0.3 is 0 Å². The molecule has 0 spiro atoms. The van der Waals surface area contributed by atoms with E-state index in [2.05, 4.69) is 36.5 Å². The van der Waals surface area contributed by atoms with Crippen LogP contribution in [0, 0.1) is 5.82 Å². The number of nitrogens with zero attached hydrogens (tertiary/aromatic N) is 3. The van der Waals surface area contributed by atoms with E-state index < -0.39 is 0 Å². The first-order valence-corrected chi connectivity index (χ1v) is 10.4. The maximum atomic E-state index is 14.5. The van der Waals surface area contributed by atoms with E-state index in [0.29, 0.717) is 5.56 Å². The highest BCUT2D eigenvalue weighted by molar-refractivity contribution is 5.97. The third-order valence-corrected chi connectivity index (χ3v) is 5.82. The fourth-order valence-corrected chi connectivity index (χ4v) is 4.25. The quantitative estimate of drug-likeness (QED) is 0.417. The third-order valence-electron chi connectivity index (χ3n) is 5.82. The van der Waals surface area contributed by atoms with Gasteiger partial charge in [0, 0.05) is 58.5 Å². The summed E-state index contributed by atoms with van der Waals surface area (Å²) in [5.41, 5.74) is 4.74. The molecule has 6 rings (SSSR count). The molecular weight excluding hydrogens is 403 g/mol. The van der Waals surface area contributed by atoms with Crippen LogP contribution in [0.3, 0.4) is 0 Å². The number of H-pyrrole nitrogens is 2. The Hall–Kier alpha value is -4.26. The highest BCUT2D eigenvalue weighted by Gasteiger charge is 2.17. The number of fused-ring (bicyclic) bond motifs is 2. The topological polar surface area (TPSA) is 82.3 Å². The lowest BCUT2D eigenvalue weighted by molar-refractivity contribution is 0.631. The highest BCUT2D eigenvalue weighted by atomic mass is 19.1. The number of benzene rings is 1. The summed E-state index contributed by atoms with van der Waals surface area (Å²) in [7, 11) is 0. The van der Waals surface area contributed by atoms with Gasteiger partial charge in [-0.3, -0.25) is 15.1 Å². The first kappa shape index (κ1) is 18.5. The van der Waals surface area contributed by atoms with Gasteiger partial charge in [-0.1, -0.05) is 30.3 Å². The number of aromatic nitrogens is 5. The lowest BCUT2D eigenvalue weighted by Crippen LogP contribution is -2.24. The summed E-state index contributed by atoms with van der Waals surface area (Å²) in [5, 5.41) is 13.9. The molecule has 7 heteroatoms. The first-order valence-electron chi connectivity index (χ1n) is 10.4. The van der Waals surface area contributed by atoms with Gasteiger partial charge in [-0.2, -0.15) is 5.10 Å². The van der Waals surface area contributed by atoms with Crippen LogP contribution in [0.5, 0.6) is 0 Å². The molecule has 0 saturated carbocycles. The minimum Gasteiger partial charge on any atom is -0.388 e. The predicted octanol–water partition coefficient (Wildman–Crippen LogP) is 3.06. The summed E-state index contributed by atoms with van der Waals surface area (Å²) >= 11 is 0. The number of nitrogens with one attached hydrogen (secondary N) is 3. The Kier molecular flexibility index (Phi) is 4.31. The van der Waals surface area contributed by atoms with E-state index in [0.717, 1.165) is 50.7 Å². The minimum absolute atomic E-state index is 0.102. The van der Waals surface area contributed by atoms with Gasteiger partial charge in [0.2, 0.25) is 0 Å². The molecule has 0 saturated heterocycles. The molecule has 5 aromatic rings. The smallest absolute Gasteiger partial charge is 0.131 e. The van der Waals surface area contributed by atoms with Crippen molar-refractivity contribution in [2.45, 2.75) is 5.92 Å².